The zero-order valence-electron chi connectivity index (χ0n) is 10.7. The van der Waals surface area contributed by atoms with Gasteiger partial charge in [-0.2, -0.15) is 0 Å². The van der Waals surface area contributed by atoms with E-state index in [-0.39, 0.29) is 11.9 Å². The average molecular weight is 356 g/mol. The first-order chi connectivity index (χ1) is 9.02. The van der Waals surface area contributed by atoms with Crippen molar-refractivity contribution in [2.24, 2.45) is 0 Å². The van der Waals surface area contributed by atoms with Gasteiger partial charge >= 0.3 is 0 Å². The van der Waals surface area contributed by atoms with Crippen LogP contribution in [-0.4, -0.2) is 21.2 Å². The van der Waals surface area contributed by atoms with Crippen molar-refractivity contribution in [1.29, 1.82) is 0 Å². The molecule has 1 aromatic rings. The fraction of sp³-hybridized carbons (Fsp3) is 0.286. The lowest BCUT2D eigenvalue weighted by Crippen LogP contribution is -2.36. The summed E-state index contributed by atoms with van der Waals surface area (Å²) in [6, 6.07) is 8.02. The summed E-state index contributed by atoms with van der Waals surface area (Å²) in [5.74, 6) is 0.0206. The highest BCUT2D eigenvalue weighted by Gasteiger charge is 2.34. The maximum absolute atomic E-state index is 12.3. The van der Waals surface area contributed by atoms with Crippen molar-refractivity contribution in [1.82, 2.24) is 4.90 Å². The minimum atomic E-state index is 0.0206. The number of thioether (sulfide) groups is 1. The molecule has 2 rings (SSSR count). The minimum Gasteiger partial charge on any atom is -0.290 e. The molecule has 1 unspecified atom stereocenters. The van der Waals surface area contributed by atoms with Gasteiger partial charge in [-0.25, -0.2) is 0 Å². The summed E-state index contributed by atoms with van der Waals surface area (Å²) < 4.78 is 1.68. The molecule has 1 aromatic carbocycles. The smallest absolute Gasteiger partial charge is 0.266 e. The topological polar surface area (TPSA) is 20.3 Å². The fourth-order valence-electron chi connectivity index (χ4n) is 1.75. The maximum atomic E-state index is 12.3. The van der Waals surface area contributed by atoms with Crippen LogP contribution in [0.15, 0.2) is 33.6 Å². The Morgan fingerprint density at radius 2 is 2.05 bits per heavy atom. The molecular weight excluding hydrogens is 342 g/mol. The van der Waals surface area contributed by atoms with Crippen LogP contribution in [0, 0.1) is 0 Å². The predicted molar refractivity (Wildman–Crippen MR) is 88.9 cm³/mol. The molecule has 1 fully saturated rings. The summed E-state index contributed by atoms with van der Waals surface area (Å²) in [6.07, 6.45) is 2.80. The van der Waals surface area contributed by atoms with Gasteiger partial charge in [-0.05, 0) is 37.1 Å². The lowest BCUT2D eigenvalue weighted by atomic mass is 10.2. The van der Waals surface area contributed by atoms with E-state index in [9.17, 15) is 4.79 Å². The molecule has 0 N–H and O–H groups in total. The minimum absolute atomic E-state index is 0.0206. The van der Waals surface area contributed by atoms with Gasteiger partial charge in [-0.15, -0.1) is 0 Å². The summed E-state index contributed by atoms with van der Waals surface area (Å²) >= 11 is 10.1. The SMILES string of the molecule is CCC(C)N1C(=O)C(=Cc2ccc(Br)cc2)SC1=S. The van der Waals surface area contributed by atoms with E-state index in [4.69, 9.17) is 12.2 Å². The second-order valence-electron chi connectivity index (χ2n) is 4.36. The van der Waals surface area contributed by atoms with Crippen molar-refractivity contribution in [3.63, 3.8) is 0 Å². The van der Waals surface area contributed by atoms with Crippen LogP contribution < -0.4 is 0 Å². The van der Waals surface area contributed by atoms with Crippen molar-refractivity contribution < 1.29 is 4.79 Å². The summed E-state index contributed by atoms with van der Waals surface area (Å²) in [5, 5.41) is 0. The van der Waals surface area contributed by atoms with Crippen LogP contribution >= 0.6 is 39.9 Å². The van der Waals surface area contributed by atoms with Gasteiger partial charge in [0.1, 0.15) is 4.32 Å². The van der Waals surface area contributed by atoms with Crippen LogP contribution in [0.25, 0.3) is 6.08 Å². The lowest BCUT2D eigenvalue weighted by Gasteiger charge is -2.21. The van der Waals surface area contributed by atoms with Gasteiger partial charge in [-0.3, -0.25) is 9.69 Å². The first-order valence-electron chi connectivity index (χ1n) is 6.05. The molecule has 100 valence electrons. The number of benzene rings is 1. The number of nitrogens with zero attached hydrogens (tertiary/aromatic N) is 1. The van der Waals surface area contributed by atoms with E-state index in [2.05, 4.69) is 22.9 Å². The summed E-state index contributed by atoms with van der Waals surface area (Å²) in [6.45, 7) is 4.08. The van der Waals surface area contributed by atoms with E-state index in [0.29, 0.717) is 9.23 Å². The Balaban J connectivity index is 2.25. The first kappa shape index (κ1) is 14.8. The molecule has 19 heavy (non-hydrogen) atoms. The molecule has 2 nitrogen and oxygen atoms in total. The molecule has 1 heterocycles. The van der Waals surface area contributed by atoms with Crippen molar-refractivity contribution in [3.8, 4) is 0 Å². The second-order valence-corrected chi connectivity index (χ2v) is 6.95. The Morgan fingerprint density at radius 1 is 1.42 bits per heavy atom. The molecule has 0 radical (unpaired) electrons. The number of carbonyl (C=O) groups excluding carboxylic acids is 1. The molecule has 5 heteroatoms. The van der Waals surface area contributed by atoms with Crippen LogP contribution in [-0.2, 0) is 4.79 Å². The number of thiocarbonyl (C=S) groups is 1. The van der Waals surface area contributed by atoms with Crippen LogP contribution in [0.3, 0.4) is 0 Å². The predicted octanol–water partition coefficient (Wildman–Crippen LogP) is 4.45. The monoisotopic (exact) mass is 355 g/mol. The normalized spacial score (nSPS) is 19.3. The van der Waals surface area contributed by atoms with Crippen LogP contribution in [0.1, 0.15) is 25.8 Å². The van der Waals surface area contributed by atoms with E-state index < -0.39 is 0 Å². The molecule has 1 amide bonds. The largest absolute Gasteiger partial charge is 0.290 e. The Hall–Kier alpha value is -0.650. The lowest BCUT2D eigenvalue weighted by molar-refractivity contribution is -0.123. The van der Waals surface area contributed by atoms with E-state index in [0.717, 1.165) is 16.5 Å². The van der Waals surface area contributed by atoms with Gasteiger partial charge in [0.15, 0.2) is 0 Å². The van der Waals surface area contributed by atoms with Crippen molar-refractivity contribution in [2.75, 3.05) is 0 Å². The zero-order valence-corrected chi connectivity index (χ0v) is 13.9. The summed E-state index contributed by atoms with van der Waals surface area (Å²) in [5.41, 5.74) is 1.01. The van der Waals surface area contributed by atoms with Crippen molar-refractivity contribution in [2.45, 2.75) is 26.3 Å². The first-order valence-corrected chi connectivity index (χ1v) is 8.07. The van der Waals surface area contributed by atoms with Crippen molar-refractivity contribution in [3.05, 3.63) is 39.2 Å². The Morgan fingerprint density at radius 3 is 2.63 bits per heavy atom. The maximum Gasteiger partial charge on any atom is 0.266 e. The Labute approximate surface area is 131 Å². The number of halogens is 1. The van der Waals surface area contributed by atoms with Gasteiger partial charge in [0.05, 0.1) is 4.91 Å². The number of amides is 1. The highest BCUT2D eigenvalue weighted by molar-refractivity contribution is 9.10. The molecule has 1 aliphatic rings. The van der Waals surface area contributed by atoms with E-state index >= 15 is 0 Å². The van der Waals surface area contributed by atoms with Gasteiger partial charge in [0.2, 0.25) is 0 Å². The molecule has 1 atom stereocenters. The number of hydrogen-bond donors (Lipinski definition) is 0. The van der Waals surface area contributed by atoms with Crippen LogP contribution in [0.5, 0.6) is 0 Å². The van der Waals surface area contributed by atoms with Gasteiger partial charge in [0.25, 0.3) is 5.91 Å². The summed E-state index contributed by atoms with van der Waals surface area (Å²) in [4.78, 5) is 14.7. The van der Waals surface area contributed by atoms with E-state index in [1.54, 1.807) is 4.90 Å². The van der Waals surface area contributed by atoms with E-state index in [1.165, 1.54) is 11.8 Å². The number of hydrogen-bond acceptors (Lipinski definition) is 3. The molecule has 0 saturated carbocycles. The fourth-order valence-corrected chi connectivity index (χ4v) is 3.48. The molecule has 0 aromatic heterocycles. The highest BCUT2D eigenvalue weighted by Crippen LogP contribution is 2.34. The highest BCUT2D eigenvalue weighted by atomic mass is 79.9. The average Bonchev–Trinajstić information content (AvgIpc) is 2.66. The van der Waals surface area contributed by atoms with Crippen LogP contribution in [0.2, 0.25) is 0 Å². The molecule has 0 aliphatic carbocycles. The molecule has 0 spiro atoms. The Bertz CT molecular complexity index is 539. The molecule has 1 aliphatic heterocycles. The third-order valence-electron chi connectivity index (χ3n) is 3.02. The third-order valence-corrected chi connectivity index (χ3v) is 4.88. The number of rotatable bonds is 3. The number of carbonyl (C=O) groups is 1. The molecular formula is C14H14BrNOS2. The Kier molecular flexibility index (Phi) is 4.81. The quantitative estimate of drug-likeness (QED) is 0.590. The standard InChI is InChI=1S/C14H14BrNOS2/c1-3-9(2)16-13(17)12(19-14(16)18)8-10-4-6-11(15)7-5-10/h4-9H,3H2,1-2H3. The van der Waals surface area contributed by atoms with Crippen molar-refractivity contribution >= 4 is 56.2 Å². The zero-order chi connectivity index (χ0) is 14.0. The van der Waals surface area contributed by atoms with Crippen LogP contribution in [0.4, 0.5) is 0 Å². The summed E-state index contributed by atoms with van der Waals surface area (Å²) in [7, 11) is 0. The molecule has 1 saturated heterocycles. The second kappa shape index (κ2) is 6.20. The van der Waals surface area contributed by atoms with E-state index in [1.807, 2.05) is 37.3 Å². The van der Waals surface area contributed by atoms with Gasteiger partial charge < -0.3 is 0 Å². The third kappa shape index (κ3) is 3.27. The van der Waals surface area contributed by atoms with Gasteiger partial charge in [-0.1, -0.05) is 59.0 Å². The molecule has 0 bridgehead atoms. The van der Waals surface area contributed by atoms with Gasteiger partial charge in [0, 0.05) is 10.5 Å².